The molecule has 0 bridgehead atoms. The van der Waals surface area contributed by atoms with Gasteiger partial charge in [0.1, 0.15) is 11.8 Å². The molecule has 2 aromatic carbocycles. The van der Waals surface area contributed by atoms with Crippen molar-refractivity contribution in [2.45, 2.75) is 19.4 Å². The summed E-state index contributed by atoms with van der Waals surface area (Å²) < 4.78 is 5.56. The number of furan rings is 1. The number of Topliss-reactive ketones (excluding diaryl/α,β-unsaturated/α-hetero) is 1. The van der Waals surface area contributed by atoms with E-state index in [9.17, 15) is 9.59 Å². The lowest BCUT2D eigenvalue weighted by atomic mass is 10.0. The number of hydrogen-bond donors (Lipinski definition) is 1. The summed E-state index contributed by atoms with van der Waals surface area (Å²) in [6, 6.07) is 17.7. The van der Waals surface area contributed by atoms with Crippen LogP contribution in [-0.2, 0) is 4.79 Å². The van der Waals surface area contributed by atoms with Gasteiger partial charge in [0, 0.05) is 22.7 Å². The maximum Gasteiger partial charge on any atom is 0.262 e. The number of benzene rings is 2. The molecule has 7 heteroatoms. The van der Waals surface area contributed by atoms with Gasteiger partial charge < -0.3 is 9.73 Å². The van der Waals surface area contributed by atoms with Crippen LogP contribution in [0.5, 0.6) is 0 Å². The second-order valence-electron chi connectivity index (χ2n) is 7.01. The maximum absolute atomic E-state index is 13.0. The SMILES string of the molecule is CC(=O)c1ccc(NCC(=O)N2N=C(c3ccc(Cl)cc3)C[C@H]2c2ccco2)cc1. The van der Waals surface area contributed by atoms with E-state index in [0.29, 0.717) is 22.8 Å². The molecule has 1 aliphatic heterocycles. The van der Waals surface area contributed by atoms with Gasteiger partial charge in [-0.05, 0) is 61.0 Å². The largest absolute Gasteiger partial charge is 0.467 e. The Morgan fingerprint density at radius 2 is 1.87 bits per heavy atom. The van der Waals surface area contributed by atoms with E-state index in [2.05, 4.69) is 10.4 Å². The second-order valence-corrected chi connectivity index (χ2v) is 7.45. The molecule has 4 rings (SSSR count). The molecule has 0 radical (unpaired) electrons. The Morgan fingerprint density at radius 3 is 2.50 bits per heavy atom. The quantitative estimate of drug-likeness (QED) is 0.573. The summed E-state index contributed by atoms with van der Waals surface area (Å²) in [7, 11) is 0. The fraction of sp³-hybridized carbons (Fsp3) is 0.174. The lowest BCUT2D eigenvalue weighted by Crippen LogP contribution is -2.32. The number of nitrogens with one attached hydrogen (secondary N) is 1. The lowest BCUT2D eigenvalue weighted by Gasteiger charge is -2.20. The molecule has 1 amide bonds. The van der Waals surface area contributed by atoms with Gasteiger partial charge in [-0.2, -0.15) is 5.10 Å². The predicted octanol–water partition coefficient (Wildman–Crippen LogP) is 4.93. The number of hydrazone groups is 1. The van der Waals surface area contributed by atoms with Crippen molar-refractivity contribution >= 4 is 34.7 Å². The first-order valence-corrected chi connectivity index (χ1v) is 9.93. The minimum atomic E-state index is -0.305. The Morgan fingerprint density at radius 1 is 1.13 bits per heavy atom. The van der Waals surface area contributed by atoms with E-state index in [1.165, 1.54) is 11.9 Å². The normalized spacial score (nSPS) is 15.7. The zero-order valence-corrected chi connectivity index (χ0v) is 17.1. The van der Waals surface area contributed by atoms with Gasteiger partial charge in [-0.25, -0.2) is 5.01 Å². The van der Waals surface area contributed by atoms with E-state index in [1.54, 1.807) is 48.7 Å². The van der Waals surface area contributed by atoms with Gasteiger partial charge in [-0.15, -0.1) is 0 Å². The molecule has 1 aromatic heterocycles. The third kappa shape index (κ3) is 4.28. The predicted molar refractivity (Wildman–Crippen MR) is 116 cm³/mol. The van der Waals surface area contributed by atoms with Gasteiger partial charge in [-0.3, -0.25) is 9.59 Å². The van der Waals surface area contributed by atoms with Gasteiger partial charge in [0.15, 0.2) is 5.78 Å². The van der Waals surface area contributed by atoms with Gasteiger partial charge in [0.2, 0.25) is 0 Å². The van der Waals surface area contributed by atoms with Crippen LogP contribution in [0.4, 0.5) is 5.69 Å². The second kappa shape index (κ2) is 8.55. The van der Waals surface area contributed by atoms with Crippen molar-refractivity contribution in [1.82, 2.24) is 5.01 Å². The van der Waals surface area contributed by atoms with E-state index in [-0.39, 0.29) is 24.3 Å². The van der Waals surface area contributed by atoms with Crippen LogP contribution >= 0.6 is 11.6 Å². The van der Waals surface area contributed by atoms with Crippen LogP contribution in [0.15, 0.2) is 76.4 Å². The lowest BCUT2D eigenvalue weighted by molar-refractivity contribution is -0.131. The highest BCUT2D eigenvalue weighted by Crippen LogP contribution is 2.33. The smallest absolute Gasteiger partial charge is 0.262 e. The number of anilines is 1. The molecule has 3 aromatic rings. The van der Waals surface area contributed by atoms with Crippen molar-refractivity contribution in [2.75, 3.05) is 11.9 Å². The highest BCUT2D eigenvalue weighted by Gasteiger charge is 2.34. The number of halogens is 1. The first kappa shape index (κ1) is 19.9. The van der Waals surface area contributed by atoms with Crippen molar-refractivity contribution in [3.05, 3.63) is 88.8 Å². The van der Waals surface area contributed by atoms with Gasteiger partial charge >= 0.3 is 0 Å². The fourth-order valence-electron chi connectivity index (χ4n) is 3.34. The molecule has 152 valence electrons. The van der Waals surface area contributed by atoms with Crippen LogP contribution in [-0.4, -0.2) is 29.0 Å². The van der Waals surface area contributed by atoms with E-state index in [4.69, 9.17) is 16.0 Å². The number of hydrogen-bond acceptors (Lipinski definition) is 5. The molecule has 1 atom stereocenters. The number of carbonyl (C=O) groups excluding carboxylic acids is 2. The van der Waals surface area contributed by atoms with E-state index in [1.807, 2.05) is 18.2 Å². The number of ketones is 1. The average molecular weight is 422 g/mol. The summed E-state index contributed by atoms with van der Waals surface area (Å²) in [6.45, 7) is 1.58. The van der Waals surface area contributed by atoms with Gasteiger partial charge in [0.05, 0.1) is 18.5 Å². The summed E-state index contributed by atoms with van der Waals surface area (Å²) >= 11 is 5.99. The zero-order valence-electron chi connectivity index (χ0n) is 16.3. The summed E-state index contributed by atoms with van der Waals surface area (Å²) in [5.74, 6) is 0.498. The van der Waals surface area contributed by atoms with Crippen LogP contribution in [0.1, 0.15) is 41.1 Å². The van der Waals surface area contributed by atoms with Crippen LogP contribution < -0.4 is 5.32 Å². The summed E-state index contributed by atoms with van der Waals surface area (Å²) in [5.41, 5.74) is 3.09. The van der Waals surface area contributed by atoms with Crippen molar-refractivity contribution in [3.8, 4) is 0 Å². The maximum atomic E-state index is 13.0. The molecular formula is C23H20ClN3O3. The summed E-state index contributed by atoms with van der Waals surface area (Å²) in [6.07, 6.45) is 2.14. The molecule has 1 aliphatic rings. The number of rotatable bonds is 6. The number of nitrogens with zero attached hydrogens (tertiary/aromatic N) is 2. The first-order valence-electron chi connectivity index (χ1n) is 9.55. The third-order valence-corrected chi connectivity index (χ3v) is 5.20. The van der Waals surface area contributed by atoms with Crippen molar-refractivity contribution < 1.29 is 14.0 Å². The molecule has 0 spiro atoms. The summed E-state index contributed by atoms with van der Waals surface area (Å²) in [4.78, 5) is 24.4. The number of amides is 1. The Balaban J connectivity index is 1.51. The minimum Gasteiger partial charge on any atom is -0.467 e. The van der Waals surface area contributed by atoms with Crippen molar-refractivity contribution in [2.24, 2.45) is 5.10 Å². The van der Waals surface area contributed by atoms with Crippen LogP contribution in [0, 0.1) is 0 Å². The van der Waals surface area contributed by atoms with Gasteiger partial charge in [0.25, 0.3) is 5.91 Å². The molecule has 6 nitrogen and oxygen atoms in total. The standard InChI is InChI=1S/C23H20ClN3O3/c1-15(28)16-6-10-19(11-7-16)25-14-23(29)27-21(22-3-2-12-30-22)13-20(26-27)17-4-8-18(24)9-5-17/h2-12,21,25H,13-14H2,1H3/t21-/m0/s1. The molecule has 0 fully saturated rings. The topological polar surface area (TPSA) is 74.9 Å². The molecule has 0 saturated carbocycles. The van der Waals surface area contributed by atoms with E-state index < -0.39 is 0 Å². The van der Waals surface area contributed by atoms with Crippen molar-refractivity contribution in [1.29, 1.82) is 0 Å². The van der Waals surface area contributed by atoms with E-state index >= 15 is 0 Å². The van der Waals surface area contributed by atoms with Crippen LogP contribution in [0.2, 0.25) is 5.02 Å². The highest BCUT2D eigenvalue weighted by molar-refractivity contribution is 6.30. The van der Waals surface area contributed by atoms with Gasteiger partial charge in [-0.1, -0.05) is 23.7 Å². The minimum absolute atomic E-state index is 0.0000452. The monoisotopic (exact) mass is 421 g/mol. The Bertz CT molecular complexity index is 1070. The average Bonchev–Trinajstić information content (AvgIpc) is 3.43. The Labute approximate surface area is 179 Å². The molecule has 0 unspecified atom stereocenters. The van der Waals surface area contributed by atoms with E-state index in [0.717, 1.165) is 17.0 Å². The third-order valence-electron chi connectivity index (χ3n) is 4.95. The van der Waals surface area contributed by atoms with Crippen LogP contribution in [0.3, 0.4) is 0 Å². The Hall–Kier alpha value is -3.38. The molecule has 2 heterocycles. The van der Waals surface area contributed by atoms with Crippen LogP contribution in [0.25, 0.3) is 0 Å². The fourth-order valence-corrected chi connectivity index (χ4v) is 3.47. The zero-order chi connectivity index (χ0) is 21.1. The molecule has 0 aliphatic carbocycles. The molecule has 30 heavy (non-hydrogen) atoms. The Kier molecular flexibility index (Phi) is 5.68. The molecule has 0 saturated heterocycles. The summed E-state index contributed by atoms with van der Waals surface area (Å²) in [5, 5.41) is 9.80. The first-order chi connectivity index (χ1) is 14.5. The number of carbonyl (C=O) groups is 2. The van der Waals surface area contributed by atoms with Crippen molar-refractivity contribution in [3.63, 3.8) is 0 Å². The molecule has 1 N–H and O–H groups in total. The highest BCUT2D eigenvalue weighted by atomic mass is 35.5. The molecular weight excluding hydrogens is 402 g/mol.